The summed E-state index contributed by atoms with van der Waals surface area (Å²) in [6, 6.07) is 9.28. The first-order valence-electron chi connectivity index (χ1n) is 10.2. The number of rotatable bonds is 4. The molecule has 4 rings (SSSR count). The van der Waals surface area contributed by atoms with E-state index in [4.69, 9.17) is 21.7 Å². The fourth-order valence-corrected chi connectivity index (χ4v) is 5.39. The third kappa shape index (κ3) is 4.56. The van der Waals surface area contributed by atoms with Crippen molar-refractivity contribution in [2.24, 2.45) is 0 Å². The van der Waals surface area contributed by atoms with Gasteiger partial charge < -0.3 is 14.8 Å². The fraction of sp³-hybridized carbons (Fsp3) is 0.667. The van der Waals surface area contributed by atoms with E-state index in [1.54, 1.807) is 0 Å². The van der Waals surface area contributed by atoms with Crippen molar-refractivity contribution in [3.63, 3.8) is 0 Å². The van der Waals surface area contributed by atoms with Crippen molar-refractivity contribution in [3.8, 4) is 0 Å². The van der Waals surface area contributed by atoms with Crippen LogP contribution in [0.15, 0.2) is 24.3 Å². The highest BCUT2D eigenvalue weighted by Crippen LogP contribution is 2.37. The molecule has 0 bridgehead atoms. The average molecular weight is 453 g/mol. The summed E-state index contributed by atoms with van der Waals surface area (Å²) in [5.74, 6) is -0.372. The van der Waals surface area contributed by atoms with Crippen LogP contribution in [-0.2, 0) is 14.8 Å². The van der Waals surface area contributed by atoms with Gasteiger partial charge in [0.25, 0.3) is 0 Å². The molecule has 2 unspecified atom stereocenters. The zero-order valence-corrected chi connectivity index (χ0v) is 18.2. The third-order valence-electron chi connectivity index (χ3n) is 6.17. The van der Waals surface area contributed by atoms with Gasteiger partial charge in [0.1, 0.15) is 4.99 Å². The van der Waals surface area contributed by atoms with Crippen molar-refractivity contribution in [2.45, 2.75) is 61.7 Å². The van der Waals surface area contributed by atoms with Crippen LogP contribution in [0.2, 0.25) is 0 Å². The number of alkyl halides is 1. The van der Waals surface area contributed by atoms with Crippen LogP contribution in [0.1, 0.15) is 49.7 Å². The minimum Gasteiger partial charge on any atom is -0.371 e. The van der Waals surface area contributed by atoms with Crippen molar-refractivity contribution in [1.82, 2.24) is 10.2 Å². The standard InChI is InChI=1S/C21H29BrN2O2S/c22-15-16-5-7-17(8-6-16)20(27)23-18-4-3-9-21(25-12-13-26-21)14-19(18)24-10-1-2-11-24/h5-8,18-19H,1-4,9-15H2,(H,23,27). The van der Waals surface area contributed by atoms with Gasteiger partial charge >= 0.3 is 0 Å². The van der Waals surface area contributed by atoms with Gasteiger partial charge in [-0.25, -0.2) is 0 Å². The molecule has 1 aliphatic carbocycles. The molecule has 1 aromatic rings. The van der Waals surface area contributed by atoms with E-state index in [2.05, 4.69) is 50.4 Å². The maximum absolute atomic E-state index is 6.10. The molecule has 3 aliphatic rings. The zero-order valence-electron chi connectivity index (χ0n) is 15.8. The Hall–Kier alpha value is -0.530. The Labute approximate surface area is 176 Å². The van der Waals surface area contributed by atoms with E-state index in [1.165, 1.54) is 31.5 Å². The summed E-state index contributed by atoms with van der Waals surface area (Å²) < 4.78 is 12.2. The molecule has 0 aromatic heterocycles. The van der Waals surface area contributed by atoms with Gasteiger partial charge in [0, 0.05) is 35.8 Å². The van der Waals surface area contributed by atoms with Crippen LogP contribution in [0.4, 0.5) is 0 Å². The largest absolute Gasteiger partial charge is 0.371 e. The van der Waals surface area contributed by atoms with Crippen molar-refractivity contribution in [1.29, 1.82) is 0 Å². The predicted octanol–water partition coefficient (Wildman–Crippen LogP) is 4.00. The van der Waals surface area contributed by atoms with Crippen LogP contribution >= 0.6 is 28.1 Å². The lowest BCUT2D eigenvalue weighted by Crippen LogP contribution is -2.52. The van der Waals surface area contributed by atoms with Gasteiger partial charge in [-0.3, -0.25) is 4.90 Å². The molecule has 2 heterocycles. The van der Waals surface area contributed by atoms with Gasteiger partial charge in [0.15, 0.2) is 5.79 Å². The Morgan fingerprint density at radius 2 is 1.85 bits per heavy atom. The monoisotopic (exact) mass is 452 g/mol. The lowest BCUT2D eigenvalue weighted by molar-refractivity contribution is -0.173. The first kappa shape index (κ1) is 19.8. The molecular weight excluding hydrogens is 424 g/mol. The second-order valence-electron chi connectivity index (χ2n) is 7.92. The maximum Gasteiger partial charge on any atom is 0.170 e. The molecule has 2 saturated heterocycles. The summed E-state index contributed by atoms with van der Waals surface area (Å²) in [4.78, 5) is 3.49. The van der Waals surface area contributed by atoms with E-state index < -0.39 is 0 Å². The zero-order chi connectivity index (χ0) is 18.7. The van der Waals surface area contributed by atoms with Gasteiger partial charge in [0.05, 0.1) is 13.2 Å². The van der Waals surface area contributed by atoms with Crippen LogP contribution in [0, 0.1) is 0 Å². The molecule has 0 amide bonds. The van der Waals surface area contributed by atoms with Gasteiger partial charge in [-0.05, 0) is 44.3 Å². The van der Waals surface area contributed by atoms with E-state index in [1.807, 2.05) is 0 Å². The van der Waals surface area contributed by atoms with Gasteiger partial charge in [-0.1, -0.05) is 52.4 Å². The average Bonchev–Trinajstić information content (AvgIpc) is 3.35. The summed E-state index contributed by atoms with van der Waals surface area (Å²) >= 11 is 9.28. The number of ether oxygens (including phenoxy) is 2. The highest BCUT2D eigenvalue weighted by atomic mass is 79.9. The Kier molecular flexibility index (Phi) is 6.49. The topological polar surface area (TPSA) is 33.7 Å². The predicted molar refractivity (Wildman–Crippen MR) is 115 cm³/mol. The Morgan fingerprint density at radius 1 is 1.15 bits per heavy atom. The second kappa shape index (κ2) is 8.87. The molecule has 4 nitrogen and oxygen atoms in total. The molecular formula is C21H29BrN2O2S. The number of nitrogens with zero attached hydrogens (tertiary/aromatic N) is 1. The van der Waals surface area contributed by atoms with E-state index in [0.29, 0.717) is 12.1 Å². The number of thiocarbonyl (C=S) groups is 1. The lowest BCUT2D eigenvalue weighted by Gasteiger charge is -2.37. The molecule has 1 saturated carbocycles. The van der Waals surface area contributed by atoms with E-state index in [-0.39, 0.29) is 5.79 Å². The number of nitrogens with one attached hydrogen (secondary N) is 1. The normalized spacial score (nSPS) is 28.3. The fourth-order valence-electron chi connectivity index (χ4n) is 4.73. The third-order valence-corrected chi connectivity index (χ3v) is 7.17. The SMILES string of the molecule is S=C(NC1CCCC2(CC1N1CCCC1)OCCO2)c1ccc(CBr)cc1. The summed E-state index contributed by atoms with van der Waals surface area (Å²) in [6.45, 7) is 3.80. The van der Waals surface area contributed by atoms with Crippen molar-refractivity contribution < 1.29 is 9.47 Å². The van der Waals surface area contributed by atoms with Gasteiger partial charge in [-0.15, -0.1) is 0 Å². The smallest absolute Gasteiger partial charge is 0.170 e. The molecule has 1 N–H and O–H groups in total. The van der Waals surface area contributed by atoms with Crippen LogP contribution in [0.3, 0.4) is 0 Å². The molecule has 148 valence electrons. The van der Waals surface area contributed by atoms with E-state index in [0.717, 1.165) is 54.8 Å². The van der Waals surface area contributed by atoms with Crippen LogP contribution < -0.4 is 5.32 Å². The first-order valence-corrected chi connectivity index (χ1v) is 11.7. The number of halogens is 1. The summed E-state index contributed by atoms with van der Waals surface area (Å²) in [5.41, 5.74) is 2.37. The molecule has 0 radical (unpaired) electrons. The number of likely N-dealkylation sites (tertiary alicyclic amines) is 1. The quantitative estimate of drug-likeness (QED) is 0.551. The van der Waals surface area contributed by atoms with Crippen LogP contribution in [-0.4, -0.2) is 54.1 Å². The molecule has 1 aromatic carbocycles. The number of hydrogen-bond donors (Lipinski definition) is 1. The second-order valence-corrected chi connectivity index (χ2v) is 8.89. The molecule has 27 heavy (non-hydrogen) atoms. The highest BCUT2D eigenvalue weighted by molar-refractivity contribution is 9.08. The Morgan fingerprint density at radius 3 is 2.52 bits per heavy atom. The Bertz CT molecular complexity index is 642. The molecule has 3 fully saturated rings. The van der Waals surface area contributed by atoms with E-state index >= 15 is 0 Å². The number of benzene rings is 1. The van der Waals surface area contributed by atoms with Crippen LogP contribution in [0.5, 0.6) is 0 Å². The molecule has 2 aliphatic heterocycles. The molecule has 1 spiro atoms. The molecule has 2 atom stereocenters. The summed E-state index contributed by atoms with van der Waals surface area (Å²) in [6.07, 6.45) is 6.72. The van der Waals surface area contributed by atoms with Crippen molar-refractivity contribution in [2.75, 3.05) is 26.3 Å². The van der Waals surface area contributed by atoms with Crippen molar-refractivity contribution >= 4 is 33.1 Å². The van der Waals surface area contributed by atoms with Gasteiger partial charge in [-0.2, -0.15) is 0 Å². The van der Waals surface area contributed by atoms with Crippen molar-refractivity contribution in [3.05, 3.63) is 35.4 Å². The molecule has 6 heteroatoms. The first-order chi connectivity index (χ1) is 13.2. The minimum absolute atomic E-state index is 0.346. The maximum atomic E-state index is 6.10. The lowest BCUT2D eigenvalue weighted by atomic mass is 9.98. The minimum atomic E-state index is -0.372. The van der Waals surface area contributed by atoms with E-state index in [9.17, 15) is 0 Å². The van der Waals surface area contributed by atoms with Gasteiger partial charge in [0.2, 0.25) is 0 Å². The number of hydrogen-bond acceptors (Lipinski definition) is 4. The highest BCUT2D eigenvalue weighted by Gasteiger charge is 2.45. The summed E-state index contributed by atoms with van der Waals surface area (Å²) in [5, 5.41) is 4.58. The van der Waals surface area contributed by atoms with Crippen LogP contribution in [0.25, 0.3) is 0 Å². The Balaban J connectivity index is 1.50. The summed E-state index contributed by atoms with van der Waals surface area (Å²) in [7, 11) is 0.